The first-order valence-corrected chi connectivity index (χ1v) is 12.3. The highest BCUT2D eigenvalue weighted by molar-refractivity contribution is 7.96. The third kappa shape index (κ3) is 4.85. The summed E-state index contributed by atoms with van der Waals surface area (Å²) < 4.78 is 63.0. The van der Waals surface area contributed by atoms with Crippen LogP contribution >= 0.6 is 0 Å². The van der Waals surface area contributed by atoms with E-state index in [1.54, 1.807) is 12.1 Å². The SMILES string of the molecule is CC(=O)Nc1cccc(NC(=O)c2cc(S(=O)(=O)[C@H]3CCS(=O)(=O)C3)ccc2F)c1. The van der Waals surface area contributed by atoms with Crippen molar-refractivity contribution in [3.8, 4) is 0 Å². The Labute approximate surface area is 173 Å². The molecule has 0 radical (unpaired) electrons. The summed E-state index contributed by atoms with van der Waals surface area (Å²) in [7, 11) is -7.49. The summed E-state index contributed by atoms with van der Waals surface area (Å²) >= 11 is 0. The highest BCUT2D eigenvalue weighted by Crippen LogP contribution is 2.27. The fraction of sp³-hybridized carbons (Fsp3) is 0.263. The number of hydrogen-bond donors (Lipinski definition) is 2. The average molecular weight is 455 g/mol. The minimum Gasteiger partial charge on any atom is -0.326 e. The molecule has 1 saturated heterocycles. The summed E-state index contributed by atoms with van der Waals surface area (Å²) in [4.78, 5) is 23.4. The van der Waals surface area contributed by atoms with E-state index in [1.165, 1.54) is 19.1 Å². The Kier molecular flexibility index (Phi) is 5.95. The van der Waals surface area contributed by atoms with Crippen LogP contribution in [0.4, 0.5) is 15.8 Å². The minimum atomic E-state index is -4.05. The molecule has 0 spiro atoms. The highest BCUT2D eigenvalue weighted by atomic mass is 32.2. The van der Waals surface area contributed by atoms with Gasteiger partial charge < -0.3 is 10.6 Å². The summed E-state index contributed by atoms with van der Waals surface area (Å²) in [5, 5.41) is 3.87. The number of amides is 2. The Morgan fingerprint density at radius 1 is 1.07 bits per heavy atom. The van der Waals surface area contributed by atoms with Gasteiger partial charge in [0.25, 0.3) is 5.91 Å². The van der Waals surface area contributed by atoms with Gasteiger partial charge >= 0.3 is 0 Å². The molecular formula is C19H19FN2O6S2. The van der Waals surface area contributed by atoms with Gasteiger partial charge in [0.15, 0.2) is 19.7 Å². The first kappa shape index (κ1) is 21.9. The van der Waals surface area contributed by atoms with E-state index in [1.807, 2.05) is 0 Å². The van der Waals surface area contributed by atoms with Crippen molar-refractivity contribution in [1.82, 2.24) is 0 Å². The Balaban J connectivity index is 1.87. The molecule has 160 valence electrons. The maximum atomic E-state index is 14.3. The molecular weight excluding hydrogens is 435 g/mol. The molecule has 11 heteroatoms. The van der Waals surface area contributed by atoms with Crippen LogP contribution in [0.15, 0.2) is 47.4 Å². The van der Waals surface area contributed by atoms with Crippen LogP contribution in [-0.2, 0) is 24.5 Å². The number of carbonyl (C=O) groups is 2. The van der Waals surface area contributed by atoms with Crippen molar-refractivity contribution < 1.29 is 30.8 Å². The summed E-state index contributed by atoms with van der Waals surface area (Å²) in [5.41, 5.74) is 0.183. The maximum absolute atomic E-state index is 14.3. The number of halogens is 1. The van der Waals surface area contributed by atoms with Gasteiger partial charge in [0, 0.05) is 18.3 Å². The molecule has 0 bridgehead atoms. The lowest BCUT2D eigenvalue weighted by Gasteiger charge is -2.12. The predicted octanol–water partition coefficient (Wildman–Crippen LogP) is 2.00. The Morgan fingerprint density at radius 3 is 2.33 bits per heavy atom. The highest BCUT2D eigenvalue weighted by Gasteiger charge is 2.38. The molecule has 30 heavy (non-hydrogen) atoms. The standard InChI is InChI=1S/C19H19FN2O6S2/c1-12(23)21-13-3-2-4-14(9-13)22-19(24)17-10-15(5-6-18(17)20)30(27,28)16-7-8-29(25,26)11-16/h2-6,9-10,16H,7-8,11H2,1H3,(H,21,23)(H,22,24)/t16-/m0/s1. The molecule has 1 atom stereocenters. The number of hydrogen-bond acceptors (Lipinski definition) is 6. The van der Waals surface area contributed by atoms with Crippen LogP contribution in [0.3, 0.4) is 0 Å². The monoisotopic (exact) mass is 454 g/mol. The molecule has 0 aliphatic carbocycles. The number of anilines is 2. The Morgan fingerprint density at radius 2 is 1.73 bits per heavy atom. The van der Waals surface area contributed by atoms with Crippen molar-refractivity contribution in [2.24, 2.45) is 0 Å². The second-order valence-electron chi connectivity index (χ2n) is 6.93. The zero-order valence-electron chi connectivity index (χ0n) is 15.9. The van der Waals surface area contributed by atoms with Crippen molar-refractivity contribution in [1.29, 1.82) is 0 Å². The molecule has 1 aliphatic rings. The van der Waals surface area contributed by atoms with Crippen molar-refractivity contribution in [2.75, 3.05) is 22.1 Å². The number of nitrogens with one attached hydrogen (secondary N) is 2. The summed E-state index contributed by atoms with van der Waals surface area (Å²) in [6.45, 7) is 1.32. The van der Waals surface area contributed by atoms with Gasteiger partial charge in [-0.25, -0.2) is 21.2 Å². The van der Waals surface area contributed by atoms with E-state index in [0.29, 0.717) is 5.69 Å². The molecule has 2 N–H and O–H groups in total. The van der Waals surface area contributed by atoms with Gasteiger partial charge in [0.05, 0.1) is 27.2 Å². The summed E-state index contributed by atoms with van der Waals surface area (Å²) in [6.07, 6.45) is -0.0421. The molecule has 0 aromatic heterocycles. The Hall–Kier alpha value is -2.79. The summed E-state index contributed by atoms with van der Waals surface area (Å²) in [5.74, 6) is -2.84. The van der Waals surface area contributed by atoms with Crippen molar-refractivity contribution >= 4 is 42.9 Å². The topological polar surface area (TPSA) is 126 Å². The lowest BCUT2D eigenvalue weighted by molar-refractivity contribution is -0.114. The van der Waals surface area contributed by atoms with Gasteiger partial charge in [-0.3, -0.25) is 9.59 Å². The maximum Gasteiger partial charge on any atom is 0.258 e. The normalized spacial score (nSPS) is 18.0. The first-order valence-electron chi connectivity index (χ1n) is 8.91. The van der Waals surface area contributed by atoms with Gasteiger partial charge in [0.1, 0.15) is 5.82 Å². The van der Waals surface area contributed by atoms with E-state index >= 15 is 0 Å². The number of sulfone groups is 2. The molecule has 1 aliphatic heterocycles. The third-order valence-electron chi connectivity index (χ3n) is 4.58. The van der Waals surface area contributed by atoms with E-state index in [-0.39, 0.29) is 28.7 Å². The van der Waals surface area contributed by atoms with E-state index in [4.69, 9.17) is 0 Å². The van der Waals surface area contributed by atoms with Crippen molar-refractivity contribution in [3.05, 3.63) is 53.8 Å². The van der Waals surface area contributed by atoms with Crippen LogP contribution in [0.25, 0.3) is 0 Å². The molecule has 2 amide bonds. The fourth-order valence-corrected chi connectivity index (χ4v) is 7.51. The lowest BCUT2D eigenvalue weighted by atomic mass is 10.2. The third-order valence-corrected chi connectivity index (χ3v) is 8.75. The minimum absolute atomic E-state index is 0.0421. The fourth-order valence-electron chi connectivity index (χ4n) is 3.13. The molecule has 1 fully saturated rings. The quantitative estimate of drug-likeness (QED) is 0.666. The molecule has 2 aromatic carbocycles. The smallest absolute Gasteiger partial charge is 0.258 e. The molecule has 2 aromatic rings. The van der Waals surface area contributed by atoms with E-state index < -0.39 is 48.0 Å². The Bertz CT molecular complexity index is 1230. The second-order valence-corrected chi connectivity index (χ2v) is 11.4. The molecule has 1 heterocycles. The van der Waals surface area contributed by atoms with E-state index in [0.717, 1.165) is 18.2 Å². The van der Waals surface area contributed by atoms with Crippen molar-refractivity contribution in [3.63, 3.8) is 0 Å². The van der Waals surface area contributed by atoms with Crippen LogP contribution in [-0.4, -0.2) is 45.4 Å². The van der Waals surface area contributed by atoms with E-state index in [2.05, 4.69) is 10.6 Å². The van der Waals surface area contributed by atoms with Crippen LogP contribution in [0.2, 0.25) is 0 Å². The van der Waals surface area contributed by atoms with Crippen LogP contribution in [0.5, 0.6) is 0 Å². The molecule has 3 rings (SSSR count). The number of benzene rings is 2. The lowest BCUT2D eigenvalue weighted by Crippen LogP contribution is -2.23. The predicted molar refractivity (Wildman–Crippen MR) is 109 cm³/mol. The van der Waals surface area contributed by atoms with Gasteiger partial charge in [-0.15, -0.1) is 0 Å². The second kappa shape index (κ2) is 8.15. The van der Waals surface area contributed by atoms with Gasteiger partial charge in [-0.2, -0.15) is 0 Å². The van der Waals surface area contributed by atoms with Gasteiger partial charge in [0.2, 0.25) is 5.91 Å². The van der Waals surface area contributed by atoms with Crippen LogP contribution in [0.1, 0.15) is 23.7 Å². The van der Waals surface area contributed by atoms with Crippen LogP contribution in [0, 0.1) is 5.82 Å². The molecule has 8 nitrogen and oxygen atoms in total. The molecule has 0 saturated carbocycles. The number of carbonyl (C=O) groups excluding carboxylic acids is 2. The first-order chi connectivity index (χ1) is 14.0. The largest absolute Gasteiger partial charge is 0.326 e. The zero-order chi connectivity index (χ0) is 22.1. The zero-order valence-corrected chi connectivity index (χ0v) is 17.5. The van der Waals surface area contributed by atoms with Gasteiger partial charge in [-0.1, -0.05) is 6.07 Å². The van der Waals surface area contributed by atoms with E-state index in [9.17, 15) is 30.8 Å². The summed E-state index contributed by atoms with van der Waals surface area (Å²) in [6, 6.07) is 8.93. The molecule has 0 unspecified atom stereocenters. The number of rotatable bonds is 5. The van der Waals surface area contributed by atoms with Crippen LogP contribution < -0.4 is 10.6 Å². The van der Waals surface area contributed by atoms with Crippen molar-refractivity contribution in [2.45, 2.75) is 23.5 Å². The van der Waals surface area contributed by atoms with Gasteiger partial charge in [-0.05, 0) is 42.8 Å². The average Bonchev–Trinajstić information content (AvgIpc) is 3.02.